The van der Waals surface area contributed by atoms with Crippen molar-refractivity contribution in [3.05, 3.63) is 28.8 Å². The van der Waals surface area contributed by atoms with E-state index in [9.17, 15) is 14.9 Å². The van der Waals surface area contributed by atoms with Crippen LogP contribution in [0.2, 0.25) is 5.02 Å². The molecule has 1 saturated carbocycles. The van der Waals surface area contributed by atoms with Gasteiger partial charge in [-0.2, -0.15) is 5.26 Å². The molecule has 2 amide bonds. The molecule has 2 N–H and O–H groups in total. The van der Waals surface area contributed by atoms with Crippen molar-refractivity contribution in [2.45, 2.75) is 51.5 Å². The zero-order chi connectivity index (χ0) is 20.7. The number of carbonyl (C=O) groups excluding carboxylic acids is 2. The number of quaternary nitrogens is 1. The Hall–Kier alpha value is -2.10. The van der Waals surface area contributed by atoms with Crippen LogP contribution in [0, 0.1) is 18.3 Å². The average molecular weight is 406 g/mol. The quantitative estimate of drug-likeness (QED) is 0.729. The molecule has 152 valence electrons. The molecule has 0 saturated heterocycles. The Balaban J connectivity index is 1.97. The summed E-state index contributed by atoms with van der Waals surface area (Å²) >= 11 is 6.00. The van der Waals surface area contributed by atoms with Gasteiger partial charge in [0, 0.05) is 17.8 Å². The predicted molar refractivity (Wildman–Crippen MR) is 110 cm³/mol. The maximum Gasteiger partial charge on any atom is 0.279 e. The summed E-state index contributed by atoms with van der Waals surface area (Å²) < 4.78 is 0. The van der Waals surface area contributed by atoms with Gasteiger partial charge in [0.1, 0.15) is 5.54 Å². The van der Waals surface area contributed by atoms with Crippen LogP contribution >= 0.6 is 11.6 Å². The maximum absolute atomic E-state index is 12.8. The minimum Gasteiger partial charge on any atom is -0.322 e. The standard InChI is InChI=1S/C21H29ClN4O2/c1-4-26(13-19(27)24-18-12-17(22)9-8-16(18)2)14-20(28)25(3)21(15-23)10-6-5-7-11-21/h8-9,12H,4-7,10-11,13-14H2,1-3H3,(H,24,27)/p+1. The summed E-state index contributed by atoms with van der Waals surface area (Å²) in [6.45, 7) is 4.86. The van der Waals surface area contributed by atoms with E-state index in [-0.39, 0.29) is 24.9 Å². The van der Waals surface area contributed by atoms with E-state index in [1.54, 1.807) is 24.1 Å². The molecule has 2 rings (SSSR count). The Morgan fingerprint density at radius 3 is 2.57 bits per heavy atom. The van der Waals surface area contributed by atoms with Crippen LogP contribution in [0.3, 0.4) is 0 Å². The Morgan fingerprint density at radius 1 is 1.29 bits per heavy atom. The van der Waals surface area contributed by atoms with Crippen LogP contribution in [0.1, 0.15) is 44.6 Å². The van der Waals surface area contributed by atoms with Crippen LogP contribution in [0.25, 0.3) is 0 Å². The number of nitrogens with zero attached hydrogens (tertiary/aromatic N) is 2. The van der Waals surface area contributed by atoms with Crippen molar-refractivity contribution in [3.63, 3.8) is 0 Å². The third-order valence-corrected chi connectivity index (χ3v) is 5.93. The van der Waals surface area contributed by atoms with Gasteiger partial charge in [-0.15, -0.1) is 0 Å². The van der Waals surface area contributed by atoms with E-state index >= 15 is 0 Å². The van der Waals surface area contributed by atoms with Gasteiger partial charge in [0.05, 0.1) is 12.6 Å². The molecular formula is C21H30ClN4O2+. The van der Waals surface area contributed by atoms with E-state index in [4.69, 9.17) is 11.6 Å². The first-order chi connectivity index (χ1) is 13.3. The molecule has 1 aromatic rings. The van der Waals surface area contributed by atoms with Crippen LogP contribution in [-0.4, -0.2) is 48.9 Å². The topological polar surface area (TPSA) is 77.6 Å². The van der Waals surface area contributed by atoms with Crippen molar-refractivity contribution in [2.75, 3.05) is 32.0 Å². The summed E-state index contributed by atoms with van der Waals surface area (Å²) in [5.41, 5.74) is 0.913. The van der Waals surface area contributed by atoms with Crippen molar-refractivity contribution >= 4 is 29.1 Å². The molecule has 1 aliphatic rings. The second-order valence-electron chi connectivity index (χ2n) is 7.62. The van der Waals surface area contributed by atoms with Crippen LogP contribution < -0.4 is 10.2 Å². The van der Waals surface area contributed by atoms with E-state index in [1.165, 1.54) is 0 Å². The Bertz CT molecular complexity index is 753. The molecule has 7 heteroatoms. The number of amides is 2. The SMILES string of the molecule is CC[NH+](CC(=O)Nc1cc(Cl)ccc1C)CC(=O)N(C)C1(C#N)CCCCC1. The second-order valence-corrected chi connectivity index (χ2v) is 8.06. The van der Waals surface area contributed by atoms with E-state index in [0.29, 0.717) is 17.3 Å². The lowest BCUT2D eigenvalue weighted by Crippen LogP contribution is -3.14. The van der Waals surface area contributed by atoms with Gasteiger partial charge in [0.2, 0.25) is 0 Å². The first kappa shape index (κ1) is 22.2. The number of rotatable bonds is 7. The molecule has 0 bridgehead atoms. The van der Waals surface area contributed by atoms with Crippen LogP contribution in [-0.2, 0) is 9.59 Å². The largest absolute Gasteiger partial charge is 0.322 e. The highest BCUT2D eigenvalue weighted by atomic mass is 35.5. The minimum absolute atomic E-state index is 0.0907. The highest BCUT2D eigenvalue weighted by Gasteiger charge is 2.39. The summed E-state index contributed by atoms with van der Waals surface area (Å²) in [6, 6.07) is 7.73. The maximum atomic E-state index is 12.8. The van der Waals surface area contributed by atoms with Gasteiger partial charge in [-0.3, -0.25) is 9.59 Å². The summed E-state index contributed by atoms with van der Waals surface area (Å²) in [5, 5.41) is 13.1. The molecule has 1 atom stereocenters. The van der Waals surface area contributed by atoms with Crippen molar-refractivity contribution in [2.24, 2.45) is 0 Å². The Kier molecular flexibility index (Phi) is 7.85. The number of carbonyl (C=O) groups is 2. The number of nitrogens with one attached hydrogen (secondary N) is 2. The predicted octanol–water partition coefficient (Wildman–Crippen LogP) is 2.18. The van der Waals surface area contributed by atoms with Crippen LogP contribution in [0.4, 0.5) is 5.69 Å². The summed E-state index contributed by atoms with van der Waals surface area (Å²) in [4.78, 5) is 27.8. The van der Waals surface area contributed by atoms with Crippen molar-refractivity contribution in [1.29, 1.82) is 5.26 Å². The smallest absolute Gasteiger partial charge is 0.279 e. The third-order valence-electron chi connectivity index (χ3n) is 5.69. The minimum atomic E-state index is -0.700. The van der Waals surface area contributed by atoms with E-state index in [0.717, 1.165) is 42.6 Å². The van der Waals surface area contributed by atoms with Gasteiger partial charge in [-0.25, -0.2) is 0 Å². The van der Waals surface area contributed by atoms with Crippen LogP contribution in [0.15, 0.2) is 18.2 Å². The van der Waals surface area contributed by atoms with E-state index in [2.05, 4.69) is 11.4 Å². The molecule has 6 nitrogen and oxygen atoms in total. The molecule has 28 heavy (non-hydrogen) atoms. The molecule has 1 unspecified atom stereocenters. The molecule has 1 fully saturated rings. The highest BCUT2D eigenvalue weighted by molar-refractivity contribution is 6.31. The first-order valence-corrected chi connectivity index (χ1v) is 10.3. The number of anilines is 1. The van der Waals surface area contributed by atoms with Gasteiger partial charge < -0.3 is 15.1 Å². The van der Waals surface area contributed by atoms with Crippen molar-refractivity contribution in [1.82, 2.24) is 4.90 Å². The number of hydrogen-bond donors (Lipinski definition) is 2. The second kappa shape index (κ2) is 9.90. The van der Waals surface area contributed by atoms with Gasteiger partial charge in [-0.05, 0) is 44.4 Å². The fourth-order valence-electron chi connectivity index (χ4n) is 3.69. The normalized spacial score (nSPS) is 16.7. The first-order valence-electron chi connectivity index (χ1n) is 9.89. The molecule has 0 aliphatic heterocycles. The van der Waals surface area contributed by atoms with Gasteiger partial charge in [-0.1, -0.05) is 36.9 Å². The number of hydrogen-bond acceptors (Lipinski definition) is 3. The van der Waals surface area contributed by atoms with Crippen molar-refractivity contribution < 1.29 is 14.5 Å². The molecule has 1 aliphatic carbocycles. The van der Waals surface area contributed by atoms with Gasteiger partial charge >= 0.3 is 0 Å². The monoisotopic (exact) mass is 405 g/mol. The number of likely N-dealkylation sites (N-methyl/N-ethyl adjacent to an activating group) is 2. The zero-order valence-electron chi connectivity index (χ0n) is 17.0. The molecule has 1 aromatic carbocycles. The number of halogens is 1. The van der Waals surface area contributed by atoms with Crippen molar-refractivity contribution in [3.8, 4) is 6.07 Å². The lowest BCUT2D eigenvalue weighted by molar-refractivity contribution is -0.882. The third kappa shape index (κ3) is 5.46. The molecule has 0 radical (unpaired) electrons. The number of aryl methyl sites for hydroxylation is 1. The molecule has 0 aromatic heterocycles. The highest BCUT2D eigenvalue weighted by Crippen LogP contribution is 2.32. The van der Waals surface area contributed by atoms with Gasteiger partial charge in [0.25, 0.3) is 11.8 Å². The molecular weight excluding hydrogens is 376 g/mol. The fourth-order valence-corrected chi connectivity index (χ4v) is 3.86. The zero-order valence-corrected chi connectivity index (χ0v) is 17.7. The van der Waals surface area contributed by atoms with E-state index in [1.807, 2.05) is 19.9 Å². The average Bonchev–Trinajstić information content (AvgIpc) is 2.70. The Morgan fingerprint density at radius 2 is 1.96 bits per heavy atom. The molecule has 0 spiro atoms. The summed E-state index contributed by atoms with van der Waals surface area (Å²) in [5.74, 6) is -0.252. The lowest BCUT2D eigenvalue weighted by Gasteiger charge is -2.39. The fraction of sp³-hybridized carbons (Fsp3) is 0.571. The van der Waals surface area contributed by atoms with Gasteiger partial charge in [0.15, 0.2) is 13.1 Å². The lowest BCUT2D eigenvalue weighted by atomic mass is 9.81. The number of benzene rings is 1. The molecule has 0 heterocycles. The van der Waals surface area contributed by atoms with Crippen LogP contribution in [0.5, 0.6) is 0 Å². The summed E-state index contributed by atoms with van der Waals surface area (Å²) in [7, 11) is 1.72. The Labute approximate surface area is 172 Å². The van der Waals surface area contributed by atoms with E-state index < -0.39 is 5.54 Å². The number of nitriles is 1. The summed E-state index contributed by atoms with van der Waals surface area (Å²) in [6.07, 6.45) is 4.50.